The molecule has 1 aromatic heterocycles. The highest BCUT2D eigenvalue weighted by Gasteiger charge is 2.31. The van der Waals surface area contributed by atoms with Gasteiger partial charge in [-0.15, -0.1) is 0 Å². The van der Waals surface area contributed by atoms with Gasteiger partial charge in [-0.3, -0.25) is 9.59 Å². The molecule has 3 rings (SSSR count). The Kier molecular flexibility index (Phi) is 9.48. The fourth-order valence-corrected chi connectivity index (χ4v) is 6.59. The minimum atomic E-state index is -4.18. The molecule has 9 nitrogen and oxygen atoms in total. The molecule has 1 aliphatic carbocycles. The highest BCUT2D eigenvalue weighted by molar-refractivity contribution is 9.09. The Morgan fingerprint density at radius 3 is 2.39 bits per heavy atom. The highest BCUT2D eigenvalue weighted by atomic mass is 79.9. The Balaban J connectivity index is 2.11. The molecule has 1 fully saturated rings. The monoisotopic (exact) mass is 582 g/mol. The van der Waals surface area contributed by atoms with Gasteiger partial charge >= 0.3 is 11.9 Å². The average molecular weight is 584 g/mol. The summed E-state index contributed by atoms with van der Waals surface area (Å²) in [7, 11) is -1.80. The fourth-order valence-electron chi connectivity index (χ4n) is 4.40. The fraction of sp³-hybridized carbons (Fsp3) is 0.480. The SMILES string of the molecule is COC(=O)CN(Cc1c(C(=O)OC)ccc(=O)n1CC1CCCC(Br)C1)S(=O)(=O)c1ccc(C)cc1. The number of sulfonamides is 1. The van der Waals surface area contributed by atoms with Crippen molar-refractivity contribution in [2.45, 2.75) is 55.4 Å². The second-order valence-corrected chi connectivity index (χ2v) is 12.2. The molecule has 0 saturated heterocycles. The van der Waals surface area contributed by atoms with E-state index < -0.39 is 35.1 Å². The van der Waals surface area contributed by atoms with Crippen molar-refractivity contribution in [3.05, 3.63) is 63.6 Å². The van der Waals surface area contributed by atoms with Gasteiger partial charge in [-0.05, 0) is 50.3 Å². The second-order valence-electron chi connectivity index (χ2n) is 8.93. The van der Waals surface area contributed by atoms with E-state index >= 15 is 0 Å². The predicted octanol–water partition coefficient (Wildman–Crippen LogP) is 3.26. The molecular weight excluding hydrogens is 552 g/mol. The van der Waals surface area contributed by atoms with Crippen LogP contribution in [0.25, 0.3) is 0 Å². The van der Waals surface area contributed by atoms with Gasteiger partial charge in [-0.2, -0.15) is 4.31 Å². The number of methoxy groups -OCH3 is 2. The maximum atomic E-state index is 13.6. The highest BCUT2D eigenvalue weighted by Crippen LogP contribution is 2.30. The van der Waals surface area contributed by atoms with E-state index in [1.807, 2.05) is 6.92 Å². The van der Waals surface area contributed by atoms with E-state index in [-0.39, 0.29) is 27.6 Å². The van der Waals surface area contributed by atoms with Crippen molar-refractivity contribution in [2.75, 3.05) is 20.8 Å². The Labute approximate surface area is 219 Å². The van der Waals surface area contributed by atoms with Gasteiger partial charge in [0, 0.05) is 17.4 Å². The summed E-state index contributed by atoms with van der Waals surface area (Å²) in [4.78, 5) is 38.2. The minimum absolute atomic E-state index is 0.0177. The summed E-state index contributed by atoms with van der Waals surface area (Å²) in [5, 5.41) is 0. The summed E-state index contributed by atoms with van der Waals surface area (Å²) in [5.41, 5.74) is 0.749. The molecule has 2 unspecified atom stereocenters. The van der Waals surface area contributed by atoms with Crippen molar-refractivity contribution in [3.63, 3.8) is 0 Å². The molecule has 1 aliphatic rings. The predicted molar refractivity (Wildman–Crippen MR) is 138 cm³/mol. The van der Waals surface area contributed by atoms with E-state index in [0.29, 0.717) is 11.4 Å². The third-order valence-corrected chi connectivity index (χ3v) is 9.02. The number of ether oxygens (including phenoxy) is 2. The molecule has 0 bridgehead atoms. The van der Waals surface area contributed by atoms with E-state index in [9.17, 15) is 22.8 Å². The van der Waals surface area contributed by atoms with Crippen molar-refractivity contribution < 1.29 is 27.5 Å². The molecule has 0 spiro atoms. The Bertz CT molecular complexity index is 1260. The molecule has 1 saturated carbocycles. The largest absolute Gasteiger partial charge is 0.468 e. The Morgan fingerprint density at radius 2 is 1.78 bits per heavy atom. The van der Waals surface area contributed by atoms with Gasteiger partial charge in [-0.1, -0.05) is 40.0 Å². The van der Waals surface area contributed by atoms with Crippen LogP contribution in [0.2, 0.25) is 0 Å². The number of pyridine rings is 1. The molecule has 1 aromatic carbocycles. The maximum absolute atomic E-state index is 13.6. The molecule has 2 aromatic rings. The zero-order valence-corrected chi connectivity index (χ0v) is 23.0. The van der Waals surface area contributed by atoms with Crippen molar-refractivity contribution in [2.24, 2.45) is 5.92 Å². The van der Waals surface area contributed by atoms with E-state index in [4.69, 9.17) is 9.47 Å². The lowest BCUT2D eigenvalue weighted by Crippen LogP contribution is -2.39. The standard InChI is InChI=1S/C25H31BrN2O7S/c1-17-7-9-20(10-8-17)36(32,33)27(16-24(30)34-2)15-22-21(25(31)35-3)11-12-23(29)28(22)14-18-5-4-6-19(26)13-18/h7-12,18-19H,4-6,13-16H2,1-3H3. The van der Waals surface area contributed by atoms with Crippen LogP contribution in [0.4, 0.5) is 0 Å². The number of aromatic nitrogens is 1. The number of carbonyl (C=O) groups is 2. The van der Waals surface area contributed by atoms with Gasteiger partial charge in [0.15, 0.2) is 0 Å². The molecule has 0 amide bonds. The number of benzene rings is 1. The van der Waals surface area contributed by atoms with E-state index in [2.05, 4.69) is 15.9 Å². The number of nitrogens with zero attached hydrogens (tertiary/aromatic N) is 2. The van der Waals surface area contributed by atoms with Crippen LogP contribution in [0.15, 0.2) is 46.1 Å². The summed E-state index contributed by atoms with van der Waals surface area (Å²) < 4.78 is 39.2. The van der Waals surface area contributed by atoms with Gasteiger partial charge in [0.25, 0.3) is 5.56 Å². The summed E-state index contributed by atoms with van der Waals surface area (Å²) >= 11 is 3.66. The molecule has 1 heterocycles. The number of halogens is 1. The van der Waals surface area contributed by atoms with Gasteiger partial charge in [0.1, 0.15) is 6.54 Å². The first-order valence-corrected chi connectivity index (χ1v) is 14.0. The second kappa shape index (κ2) is 12.2. The number of esters is 2. The minimum Gasteiger partial charge on any atom is -0.468 e. The molecule has 0 N–H and O–H groups in total. The number of aryl methyl sites for hydroxylation is 1. The summed E-state index contributed by atoms with van der Waals surface area (Å²) in [6, 6.07) is 8.83. The van der Waals surface area contributed by atoms with Gasteiger partial charge < -0.3 is 14.0 Å². The molecule has 36 heavy (non-hydrogen) atoms. The lowest BCUT2D eigenvalue weighted by atomic mass is 9.89. The normalized spacial score (nSPS) is 18.1. The Hall–Kier alpha value is -2.50. The molecule has 0 radical (unpaired) electrons. The molecule has 0 aliphatic heterocycles. The zero-order chi connectivity index (χ0) is 26.5. The maximum Gasteiger partial charge on any atom is 0.339 e. The van der Waals surface area contributed by atoms with Crippen LogP contribution >= 0.6 is 15.9 Å². The first kappa shape index (κ1) is 28.1. The van der Waals surface area contributed by atoms with Crippen molar-refractivity contribution in [1.82, 2.24) is 8.87 Å². The number of rotatable bonds is 9. The quantitative estimate of drug-likeness (QED) is 0.329. The number of alkyl halides is 1. The summed E-state index contributed by atoms with van der Waals surface area (Å²) in [5.74, 6) is -1.31. The topological polar surface area (TPSA) is 112 Å². The van der Waals surface area contributed by atoms with Gasteiger partial charge in [0.05, 0.1) is 36.9 Å². The molecule has 11 heteroatoms. The smallest absolute Gasteiger partial charge is 0.339 e. The van der Waals surface area contributed by atoms with Crippen molar-refractivity contribution in [3.8, 4) is 0 Å². The van der Waals surface area contributed by atoms with Crippen LogP contribution in [-0.2, 0) is 37.4 Å². The zero-order valence-electron chi connectivity index (χ0n) is 20.6. The van der Waals surface area contributed by atoms with Crippen LogP contribution in [0.1, 0.15) is 47.3 Å². The summed E-state index contributed by atoms with van der Waals surface area (Å²) in [6.45, 7) is 1.16. The number of carbonyl (C=O) groups excluding carboxylic acids is 2. The van der Waals surface area contributed by atoms with Crippen LogP contribution in [0.3, 0.4) is 0 Å². The third-order valence-electron chi connectivity index (χ3n) is 6.38. The lowest BCUT2D eigenvalue weighted by Gasteiger charge is -2.29. The first-order chi connectivity index (χ1) is 17.1. The van der Waals surface area contributed by atoms with E-state index in [1.165, 1.54) is 35.9 Å². The van der Waals surface area contributed by atoms with Crippen LogP contribution in [-0.4, -0.2) is 54.8 Å². The molecular formula is C25H31BrN2O7S. The molecule has 196 valence electrons. The van der Waals surface area contributed by atoms with Crippen LogP contribution in [0, 0.1) is 12.8 Å². The van der Waals surface area contributed by atoms with E-state index in [1.54, 1.807) is 12.1 Å². The lowest BCUT2D eigenvalue weighted by molar-refractivity contribution is -0.140. The van der Waals surface area contributed by atoms with Gasteiger partial charge in [-0.25, -0.2) is 13.2 Å². The first-order valence-electron chi connectivity index (χ1n) is 11.7. The number of hydrogen-bond acceptors (Lipinski definition) is 7. The van der Waals surface area contributed by atoms with Gasteiger partial charge in [0.2, 0.25) is 10.0 Å². The Morgan fingerprint density at radius 1 is 1.08 bits per heavy atom. The van der Waals surface area contributed by atoms with E-state index in [0.717, 1.165) is 42.7 Å². The summed E-state index contributed by atoms with van der Waals surface area (Å²) in [6.07, 6.45) is 3.80. The van der Waals surface area contributed by atoms with Crippen molar-refractivity contribution >= 4 is 37.9 Å². The molecule has 2 atom stereocenters. The third kappa shape index (κ3) is 6.63. The van der Waals surface area contributed by atoms with Crippen LogP contribution < -0.4 is 5.56 Å². The number of hydrogen-bond donors (Lipinski definition) is 0. The average Bonchev–Trinajstić information content (AvgIpc) is 2.85. The van der Waals surface area contributed by atoms with Crippen LogP contribution in [0.5, 0.6) is 0 Å². The van der Waals surface area contributed by atoms with Crippen molar-refractivity contribution in [1.29, 1.82) is 0 Å².